The lowest BCUT2D eigenvalue weighted by atomic mass is 10.0. The number of aromatic amines is 1. The number of aryl methyl sites for hydroxylation is 1. The standard InChI is InChI=1S/C36H32BF4N7O2S/c1-46-30-15-18-47(36(50)34(30)26-10-13-32(45-35(26)46)44-24-7-11-27(38)28(39)21-24)17-3-16-42-33(49)14-8-22-5-6-23(43-22)20-25-9-12-29(48(25)37(40)41)31-4-2-19-51-31/h2,4-13,19-21,43H,3,14-18H2,1H3,(H,42,49)(H,44,45)/b22-8+,23-20-. The number of anilines is 2. The number of hydrogen-bond acceptors (Lipinski definition) is 5. The van der Waals surface area contributed by atoms with E-state index in [0.717, 1.165) is 27.2 Å². The molecule has 0 unspecified atom stereocenters. The van der Waals surface area contributed by atoms with Crippen molar-refractivity contribution in [3.8, 4) is 10.6 Å². The second-order valence-corrected chi connectivity index (χ2v) is 13.1. The molecule has 51 heavy (non-hydrogen) atoms. The number of H-pyrrole nitrogens is 1. The number of thiophene rings is 1. The Morgan fingerprint density at radius 3 is 2.69 bits per heavy atom. The van der Waals surface area contributed by atoms with E-state index < -0.39 is 19.0 Å². The van der Waals surface area contributed by atoms with E-state index in [4.69, 9.17) is 0 Å². The Balaban J connectivity index is 0.930. The van der Waals surface area contributed by atoms with E-state index in [1.54, 1.807) is 53.5 Å². The number of halogens is 4. The zero-order chi connectivity index (χ0) is 35.6. The van der Waals surface area contributed by atoms with Crippen LogP contribution in [0.4, 0.5) is 28.9 Å². The highest BCUT2D eigenvalue weighted by atomic mass is 32.1. The van der Waals surface area contributed by atoms with Crippen molar-refractivity contribution in [3.63, 3.8) is 0 Å². The van der Waals surface area contributed by atoms with E-state index in [2.05, 4.69) is 20.6 Å². The molecule has 15 heteroatoms. The van der Waals surface area contributed by atoms with Gasteiger partial charge in [0.2, 0.25) is 5.91 Å². The van der Waals surface area contributed by atoms with E-state index in [1.807, 2.05) is 29.1 Å². The van der Waals surface area contributed by atoms with Gasteiger partial charge in [-0.2, -0.15) is 0 Å². The molecule has 5 aromatic heterocycles. The zero-order valence-electron chi connectivity index (χ0n) is 27.4. The van der Waals surface area contributed by atoms with Gasteiger partial charge in [0.25, 0.3) is 5.91 Å². The van der Waals surface area contributed by atoms with Gasteiger partial charge >= 0.3 is 7.40 Å². The van der Waals surface area contributed by atoms with Gasteiger partial charge in [-0.05, 0) is 72.5 Å². The molecule has 3 N–H and O–H groups in total. The number of aromatic nitrogens is 4. The van der Waals surface area contributed by atoms with Crippen LogP contribution in [0.5, 0.6) is 0 Å². The summed E-state index contributed by atoms with van der Waals surface area (Å²) in [7, 11) is -0.846. The summed E-state index contributed by atoms with van der Waals surface area (Å²) >= 11 is 1.40. The maximum Gasteiger partial charge on any atom is 0.678 e. The molecule has 0 atom stereocenters. The summed E-state index contributed by atoms with van der Waals surface area (Å²) in [4.78, 5) is 36.5. The number of fused-ring (bicyclic) bond motifs is 3. The molecule has 7 rings (SSSR count). The fraction of sp³-hybridized carbons (Fsp3) is 0.194. The van der Waals surface area contributed by atoms with Crippen LogP contribution in [0, 0.1) is 11.6 Å². The first-order valence-electron chi connectivity index (χ1n) is 16.3. The number of nitrogens with zero attached hydrogens (tertiary/aromatic N) is 4. The molecule has 0 saturated carbocycles. The van der Waals surface area contributed by atoms with Crippen LogP contribution in [0.2, 0.25) is 0 Å². The topological polar surface area (TPSA) is 100.0 Å². The summed E-state index contributed by atoms with van der Waals surface area (Å²) in [6.45, 7) is 1.38. The fourth-order valence-corrected chi connectivity index (χ4v) is 7.12. The molecule has 260 valence electrons. The number of hydrogen-bond donors (Lipinski definition) is 3. The van der Waals surface area contributed by atoms with Crippen LogP contribution in [-0.2, 0) is 18.3 Å². The van der Waals surface area contributed by atoms with E-state index in [1.165, 1.54) is 17.4 Å². The average molecular weight is 714 g/mol. The third-order valence-corrected chi connectivity index (χ3v) is 9.75. The van der Waals surface area contributed by atoms with Gasteiger partial charge in [0.15, 0.2) is 11.6 Å². The van der Waals surface area contributed by atoms with Crippen LogP contribution in [0.3, 0.4) is 0 Å². The summed E-state index contributed by atoms with van der Waals surface area (Å²) in [5.41, 5.74) is 3.24. The predicted octanol–water partition coefficient (Wildman–Crippen LogP) is 5.43. The third kappa shape index (κ3) is 7.06. The van der Waals surface area contributed by atoms with Crippen molar-refractivity contribution in [2.24, 2.45) is 7.05 Å². The summed E-state index contributed by atoms with van der Waals surface area (Å²) in [6.07, 6.45) is 4.71. The normalized spacial score (nSPS) is 13.7. The van der Waals surface area contributed by atoms with Gasteiger partial charge in [-0.1, -0.05) is 12.1 Å². The fourth-order valence-electron chi connectivity index (χ4n) is 6.38. The number of amides is 2. The maximum absolute atomic E-state index is 13.9. The Hall–Kier alpha value is -5.57. The highest BCUT2D eigenvalue weighted by molar-refractivity contribution is 7.13. The number of carbonyl (C=O) groups is 2. The molecule has 1 aromatic carbocycles. The number of pyridine rings is 1. The molecule has 6 heterocycles. The minimum Gasteiger partial charge on any atom is -0.356 e. The monoisotopic (exact) mass is 713 g/mol. The smallest absolute Gasteiger partial charge is 0.356 e. The van der Waals surface area contributed by atoms with Crippen LogP contribution in [0.25, 0.3) is 33.8 Å². The third-order valence-electron chi connectivity index (χ3n) is 8.85. The molecular formula is C36H32BF4N7O2S. The van der Waals surface area contributed by atoms with Crippen molar-refractivity contribution < 1.29 is 27.0 Å². The van der Waals surface area contributed by atoms with E-state index >= 15 is 0 Å². The molecule has 0 bridgehead atoms. The Bertz CT molecular complexity index is 2370. The van der Waals surface area contributed by atoms with Gasteiger partial charge in [-0.15, -0.1) is 11.3 Å². The minimum absolute atomic E-state index is 0.104. The van der Waals surface area contributed by atoms with Gasteiger partial charge in [0.05, 0.1) is 11.3 Å². The molecule has 1 aliphatic heterocycles. The van der Waals surface area contributed by atoms with Gasteiger partial charge in [0, 0.05) is 83.6 Å². The van der Waals surface area contributed by atoms with Crippen LogP contribution in [0.1, 0.15) is 34.6 Å². The molecule has 0 radical (unpaired) electrons. The lowest BCUT2D eigenvalue weighted by Crippen LogP contribution is -2.39. The summed E-state index contributed by atoms with van der Waals surface area (Å²) in [6, 6.07) is 17.5. The van der Waals surface area contributed by atoms with E-state index in [-0.39, 0.29) is 18.2 Å². The van der Waals surface area contributed by atoms with Crippen molar-refractivity contribution in [1.29, 1.82) is 0 Å². The summed E-state index contributed by atoms with van der Waals surface area (Å²) in [5, 5.41) is 9.76. The minimum atomic E-state index is -2.70. The van der Waals surface area contributed by atoms with Crippen molar-refractivity contribution in [1.82, 2.24) is 29.2 Å². The quantitative estimate of drug-likeness (QED) is 0.0948. The van der Waals surface area contributed by atoms with E-state index in [9.17, 15) is 27.0 Å². The number of carbonyl (C=O) groups excluding carboxylic acids is 2. The molecule has 2 amide bonds. The van der Waals surface area contributed by atoms with E-state index in [0.29, 0.717) is 82.7 Å². The van der Waals surface area contributed by atoms with Gasteiger partial charge in [-0.3, -0.25) is 18.2 Å². The Labute approximate surface area is 294 Å². The first-order valence-corrected chi connectivity index (χ1v) is 17.2. The maximum atomic E-state index is 13.9. The lowest BCUT2D eigenvalue weighted by Gasteiger charge is -2.27. The van der Waals surface area contributed by atoms with Crippen molar-refractivity contribution in [2.75, 3.05) is 25.0 Å². The molecular weight excluding hydrogens is 681 g/mol. The summed E-state index contributed by atoms with van der Waals surface area (Å²) in [5.74, 6) is -1.75. The van der Waals surface area contributed by atoms with Gasteiger partial charge in [-0.25, -0.2) is 13.8 Å². The highest BCUT2D eigenvalue weighted by Crippen LogP contribution is 2.31. The Morgan fingerprint density at radius 1 is 1.06 bits per heavy atom. The summed E-state index contributed by atoms with van der Waals surface area (Å²) < 4.78 is 57.8. The van der Waals surface area contributed by atoms with Gasteiger partial charge in [0.1, 0.15) is 11.5 Å². The molecule has 0 aliphatic carbocycles. The van der Waals surface area contributed by atoms with Crippen molar-refractivity contribution in [3.05, 3.63) is 111 Å². The van der Waals surface area contributed by atoms with Crippen molar-refractivity contribution >= 4 is 65.2 Å². The molecule has 9 nitrogen and oxygen atoms in total. The predicted molar refractivity (Wildman–Crippen MR) is 191 cm³/mol. The number of rotatable bonds is 11. The highest BCUT2D eigenvalue weighted by Gasteiger charge is 2.30. The first-order chi connectivity index (χ1) is 24.7. The van der Waals surface area contributed by atoms with Crippen molar-refractivity contribution in [2.45, 2.75) is 19.3 Å². The largest absolute Gasteiger partial charge is 0.678 e. The van der Waals surface area contributed by atoms with Crippen LogP contribution >= 0.6 is 11.3 Å². The Kier molecular flexibility index (Phi) is 9.54. The first kappa shape index (κ1) is 33.9. The zero-order valence-corrected chi connectivity index (χ0v) is 28.2. The molecule has 0 fully saturated rings. The average Bonchev–Trinajstić information content (AvgIpc) is 3.93. The van der Waals surface area contributed by atoms with Crippen LogP contribution < -0.4 is 21.3 Å². The molecule has 0 spiro atoms. The Morgan fingerprint density at radius 2 is 1.90 bits per heavy atom. The van der Waals surface area contributed by atoms with Crippen LogP contribution in [-0.4, -0.2) is 62.8 Å². The lowest BCUT2D eigenvalue weighted by molar-refractivity contribution is -0.120. The SMILES string of the molecule is Cn1c2c(c3ccc(Nc4ccc(F)c(F)c4)nc31)C(=O)N(CCCNC(=O)C/C=c1\cc/c(=C/c3ccc(-c4cccs4)n3B(F)F)[nH]1)CC2. The van der Waals surface area contributed by atoms with Gasteiger partial charge < -0.3 is 29.6 Å². The number of nitrogens with one attached hydrogen (secondary N) is 3. The van der Waals surface area contributed by atoms with Crippen LogP contribution in [0.15, 0.2) is 72.1 Å². The number of benzene rings is 1. The second-order valence-electron chi connectivity index (χ2n) is 12.1. The molecule has 1 aliphatic rings. The molecule has 6 aromatic rings. The molecule has 0 saturated heterocycles. The second kappa shape index (κ2) is 14.3.